The van der Waals surface area contributed by atoms with Gasteiger partial charge < -0.3 is 4.52 Å². The van der Waals surface area contributed by atoms with Crippen LogP contribution in [-0.2, 0) is 0 Å². The molecule has 1 aromatic rings. The second-order valence-electron chi connectivity index (χ2n) is 2.05. The van der Waals surface area contributed by atoms with Crippen LogP contribution >= 0.6 is 0 Å². The Morgan fingerprint density at radius 2 is 2.50 bits per heavy atom. The predicted octanol–water partition coefficient (Wildman–Crippen LogP) is 0.442. The van der Waals surface area contributed by atoms with E-state index in [9.17, 15) is 0 Å². The molecule has 0 aromatic carbocycles. The largest absolute Gasteiger partial charge is 0.357 e. The van der Waals surface area contributed by atoms with Crippen molar-refractivity contribution >= 4 is 12.2 Å². The van der Waals surface area contributed by atoms with Crippen LogP contribution in [0.2, 0.25) is 0 Å². The molecule has 2 nitrogen and oxygen atoms in total. The third kappa shape index (κ3) is 1.00. The zero-order valence-electron chi connectivity index (χ0n) is 5.92. The average Bonchev–Trinajstić information content (AvgIpc) is 2.34. The van der Waals surface area contributed by atoms with E-state index in [0.29, 0.717) is 5.42 Å². The maximum absolute atomic E-state index is 4.76. The number of aromatic nitrogens is 1. The molecule has 0 radical (unpaired) electrons. The SMILES string of the molecule is C=C/C(C)=c1/cnoc1=C. The van der Waals surface area contributed by atoms with E-state index in [0.717, 1.165) is 10.8 Å². The van der Waals surface area contributed by atoms with Gasteiger partial charge in [-0.2, -0.15) is 0 Å². The van der Waals surface area contributed by atoms with Crippen LogP contribution in [-0.4, -0.2) is 5.16 Å². The van der Waals surface area contributed by atoms with Gasteiger partial charge in [0.2, 0.25) is 0 Å². The molecule has 0 aliphatic heterocycles. The van der Waals surface area contributed by atoms with Crippen LogP contribution in [0.1, 0.15) is 6.92 Å². The van der Waals surface area contributed by atoms with Crippen LogP contribution < -0.4 is 10.6 Å². The maximum atomic E-state index is 4.76. The zero-order valence-corrected chi connectivity index (χ0v) is 5.92. The Balaban J connectivity index is 3.55. The highest BCUT2D eigenvalue weighted by molar-refractivity contribution is 5.51. The van der Waals surface area contributed by atoms with Crippen molar-refractivity contribution in [2.75, 3.05) is 0 Å². The molecule has 0 unspecified atom stereocenters. The number of hydrogen-bond donors (Lipinski definition) is 0. The fourth-order valence-corrected chi connectivity index (χ4v) is 0.696. The molecule has 0 saturated heterocycles. The van der Waals surface area contributed by atoms with Gasteiger partial charge in [-0.05, 0) is 12.5 Å². The van der Waals surface area contributed by atoms with Gasteiger partial charge in [-0.3, -0.25) is 0 Å². The van der Waals surface area contributed by atoms with Gasteiger partial charge in [0.1, 0.15) is 0 Å². The Morgan fingerprint density at radius 1 is 1.80 bits per heavy atom. The van der Waals surface area contributed by atoms with E-state index in [1.54, 1.807) is 12.3 Å². The van der Waals surface area contributed by atoms with Gasteiger partial charge in [0, 0.05) is 5.22 Å². The number of hydrogen-bond acceptors (Lipinski definition) is 2. The maximum Gasteiger partial charge on any atom is 0.159 e. The first-order chi connectivity index (χ1) is 4.75. The molecule has 0 atom stereocenters. The van der Waals surface area contributed by atoms with Crippen LogP contribution in [0, 0.1) is 0 Å². The molecule has 52 valence electrons. The zero-order chi connectivity index (χ0) is 7.56. The van der Waals surface area contributed by atoms with Crippen molar-refractivity contribution in [3.8, 4) is 0 Å². The summed E-state index contributed by atoms with van der Waals surface area (Å²) in [4.78, 5) is 0. The Bertz CT molecular complexity index is 334. The second-order valence-corrected chi connectivity index (χ2v) is 2.05. The summed E-state index contributed by atoms with van der Waals surface area (Å²) in [5, 5.41) is 4.51. The fraction of sp³-hybridized carbons (Fsp3) is 0.125. The van der Waals surface area contributed by atoms with Crippen molar-refractivity contribution in [2.45, 2.75) is 6.92 Å². The van der Waals surface area contributed by atoms with Crippen LogP contribution in [0.3, 0.4) is 0 Å². The minimum atomic E-state index is 0.595. The van der Waals surface area contributed by atoms with Crippen LogP contribution in [0.15, 0.2) is 23.4 Å². The molecule has 10 heavy (non-hydrogen) atoms. The molecular weight excluding hydrogens is 126 g/mol. The van der Waals surface area contributed by atoms with Gasteiger partial charge in [-0.15, -0.1) is 0 Å². The average molecular weight is 135 g/mol. The smallest absolute Gasteiger partial charge is 0.159 e. The van der Waals surface area contributed by atoms with Crippen molar-refractivity contribution in [1.82, 2.24) is 5.16 Å². The van der Waals surface area contributed by atoms with E-state index in [4.69, 9.17) is 4.52 Å². The summed E-state index contributed by atoms with van der Waals surface area (Å²) in [7, 11) is 0. The lowest BCUT2D eigenvalue weighted by Gasteiger charge is -1.81. The summed E-state index contributed by atoms with van der Waals surface area (Å²) < 4.78 is 4.76. The van der Waals surface area contributed by atoms with E-state index in [1.807, 2.05) is 6.92 Å². The first-order valence-electron chi connectivity index (χ1n) is 2.98. The Hall–Kier alpha value is -1.31. The lowest BCUT2D eigenvalue weighted by atomic mass is 10.2. The molecule has 0 aliphatic carbocycles. The first kappa shape index (κ1) is 6.81. The lowest BCUT2D eigenvalue weighted by Crippen LogP contribution is -2.18. The molecule has 0 N–H and O–H groups in total. The highest BCUT2D eigenvalue weighted by atomic mass is 16.5. The van der Waals surface area contributed by atoms with Crippen molar-refractivity contribution in [1.29, 1.82) is 0 Å². The summed E-state index contributed by atoms with van der Waals surface area (Å²) in [5.74, 6) is 0. The minimum Gasteiger partial charge on any atom is -0.357 e. The summed E-state index contributed by atoms with van der Waals surface area (Å²) in [6.07, 6.45) is 3.39. The van der Waals surface area contributed by atoms with Gasteiger partial charge in [0.25, 0.3) is 0 Å². The molecule has 0 fully saturated rings. The van der Waals surface area contributed by atoms with E-state index in [1.165, 1.54) is 0 Å². The number of nitrogens with zero attached hydrogens (tertiary/aromatic N) is 1. The topological polar surface area (TPSA) is 26.0 Å². The van der Waals surface area contributed by atoms with Crippen molar-refractivity contribution in [3.63, 3.8) is 0 Å². The quantitative estimate of drug-likeness (QED) is 0.558. The normalized spacial score (nSPS) is 12.9. The van der Waals surface area contributed by atoms with Crippen LogP contribution in [0.5, 0.6) is 0 Å². The fourth-order valence-electron chi connectivity index (χ4n) is 0.696. The summed E-state index contributed by atoms with van der Waals surface area (Å²) in [6, 6.07) is 0. The third-order valence-electron chi connectivity index (χ3n) is 1.38. The summed E-state index contributed by atoms with van der Waals surface area (Å²) >= 11 is 0. The molecule has 0 saturated carbocycles. The summed E-state index contributed by atoms with van der Waals surface area (Å²) in [5.41, 5.74) is 1.63. The first-order valence-corrected chi connectivity index (χ1v) is 2.98. The van der Waals surface area contributed by atoms with Crippen molar-refractivity contribution in [3.05, 3.63) is 29.5 Å². The molecule has 0 spiro atoms. The van der Waals surface area contributed by atoms with E-state index in [-0.39, 0.29) is 0 Å². The second kappa shape index (κ2) is 2.52. The Morgan fingerprint density at radius 3 is 2.90 bits per heavy atom. The molecule has 0 bridgehead atoms. The predicted molar refractivity (Wildman–Crippen MR) is 40.6 cm³/mol. The Kier molecular flexibility index (Phi) is 1.71. The molecule has 0 aliphatic rings. The van der Waals surface area contributed by atoms with Crippen LogP contribution in [0.4, 0.5) is 0 Å². The van der Waals surface area contributed by atoms with E-state index in [2.05, 4.69) is 18.3 Å². The highest BCUT2D eigenvalue weighted by Gasteiger charge is 1.89. The van der Waals surface area contributed by atoms with Gasteiger partial charge in [-0.25, -0.2) is 0 Å². The van der Waals surface area contributed by atoms with E-state index < -0.39 is 0 Å². The van der Waals surface area contributed by atoms with E-state index >= 15 is 0 Å². The highest BCUT2D eigenvalue weighted by Crippen LogP contribution is 1.86. The monoisotopic (exact) mass is 135 g/mol. The molecule has 1 heterocycles. The molecule has 1 aromatic heterocycles. The van der Waals surface area contributed by atoms with Gasteiger partial charge in [0.05, 0.1) is 6.20 Å². The number of allylic oxidation sites excluding steroid dienone is 1. The minimum absolute atomic E-state index is 0.595. The van der Waals surface area contributed by atoms with Gasteiger partial charge >= 0.3 is 0 Å². The molecule has 2 heteroatoms. The standard InChI is InChI=1S/C8H9NO/c1-4-6(2)8-5-9-10-7(8)3/h4-5H,1,3H2,2H3/b8-6-. The third-order valence-corrected chi connectivity index (χ3v) is 1.38. The number of rotatable bonds is 1. The van der Waals surface area contributed by atoms with Gasteiger partial charge in [0.15, 0.2) is 5.42 Å². The van der Waals surface area contributed by atoms with Crippen molar-refractivity contribution < 1.29 is 4.52 Å². The molecule has 1 rings (SSSR count). The van der Waals surface area contributed by atoms with Gasteiger partial charge in [-0.1, -0.05) is 24.4 Å². The van der Waals surface area contributed by atoms with Crippen LogP contribution in [0.25, 0.3) is 12.2 Å². The lowest BCUT2D eigenvalue weighted by molar-refractivity contribution is 0.395. The van der Waals surface area contributed by atoms with Crippen molar-refractivity contribution in [2.24, 2.45) is 0 Å². The molecular formula is C8H9NO. The summed E-state index contributed by atoms with van der Waals surface area (Å²) in [6.45, 7) is 9.21. The molecule has 0 amide bonds. The Labute approximate surface area is 59.2 Å².